The van der Waals surface area contributed by atoms with Gasteiger partial charge in [0.25, 0.3) is 0 Å². The van der Waals surface area contributed by atoms with Gasteiger partial charge in [-0.25, -0.2) is 0 Å². The average molecular weight is 263 g/mol. The highest BCUT2D eigenvalue weighted by Gasteiger charge is 2.18. The van der Waals surface area contributed by atoms with Crippen LogP contribution >= 0.6 is 11.5 Å². The minimum absolute atomic E-state index is 1.09. The normalized spacial score (nSPS) is 16.5. The van der Waals surface area contributed by atoms with Crippen LogP contribution in [0.15, 0.2) is 24.3 Å². The summed E-state index contributed by atoms with van der Waals surface area (Å²) < 4.78 is 5.88. The Balaban J connectivity index is 0.000000574. The number of nitrogens with zero attached hydrogens (tertiary/aromatic N) is 3. The molecule has 1 aliphatic rings. The van der Waals surface area contributed by atoms with E-state index in [4.69, 9.17) is 0 Å². The van der Waals surface area contributed by atoms with Gasteiger partial charge < -0.3 is 9.80 Å². The van der Waals surface area contributed by atoms with Crippen LogP contribution in [0, 0.1) is 0 Å². The largest absolute Gasteiger partial charge is 0.353 e. The Hall–Kier alpha value is -1.13. The standard InChI is InChI=1S/C12H15N3S.C2H6/c1-14-6-8-15(9-7-14)12-10-4-2-3-5-11(10)16-13-12;1-2/h2-5H,6-9H2,1H3;1-2H3. The smallest absolute Gasteiger partial charge is 0.150 e. The Bertz CT molecular complexity index is 486. The molecule has 18 heavy (non-hydrogen) atoms. The van der Waals surface area contributed by atoms with E-state index in [2.05, 4.69) is 45.5 Å². The van der Waals surface area contributed by atoms with Crippen LogP contribution in [0.2, 0.25) is 0 Å². The molecule has 2 aromatic rings. The predicted octanol–water partition coefficient (Wildman–Crippen LogP) is 3.07. The van der Waals surface area contributed by atoms with Gasteiger partial charge in [0, 0.05) is 31.6 Å². The summed E-state index contributed by atoms with van der Waals surface area (Å²) in [5.74, 6) is 1.17. The molecule has 1 fully saturated rings. The number of benzene rings is 1. The zero-order valence-electron chi connectivity index (χ0n) is 11.4. The summed E-state index contributed by atoms with van der Waals surface area (Å²) in [5.41, 5.74) is 0. The van der Waals surface area contributed by atoms with Gasteiger partial charge in [-0.1, -0.05) is 26.0 Å². The molecule has 0 N–H and O–H groups in total. The lowest BCUT2D eigenvalue weighted by Gasteiger charge is -2.32. The molecule has 0 bridgehead atoms. The molecule has 0 unspecified atom stereocenters. The van der Waals surface area contributed by atoms with E-state index >= 15 is 0 Å². The quantitative estimate of drug-likeness (QED) is 0.788. The Morgan fingerprint density at radius 3 is 2.44 bits per heavy atom. The molecule has 3 rings (SSSR count). The first kappa shape index (κ1) is 13.3. The Morgan fingerprint density at radius 1 is 1.06 bits per heavy atom. The SMILES string of the molecule is CC.CN1CCN(c2nsc3ccccc23)CC1. The maximum atomic E-state index is 4.59. The van der Waals surface area contributed by atoms with Crippen LogP contribution in [0.1, 0.15) is 13.8 Å². The predicted molar refractivity (Wildman–Crippen MR) is 80.7 cm³/mol. The van der Waals surface area contributed by atoms with E-state index in [-0.39, 0.29) is 0 Å². The average Bonchev–Trinajstić information content (AvgIpc) is 2.86. The molecule has 0 spiro atoms. The number of rotatable bonds is 1. The number of piperazine rings is 1. The fourth-order valence-electron chi connectivity index (χ4n) is 2.12. The summed E-state index contributed by atoms with van der Waals surface area (Å²) in [4.78, 5) is 4.77. The molecule has 1 aromatic heterocycles. The van der Waals surface area contributed by atoms with Gasteiger partial charge in [-0.05, 0) is 30.7 Å². The zero-order chi connectivity index (χ0) is 13.0. The summed E-state index contributed by atoms with van der Waals surface area (Å²) in [6, 6.07) is 8.49. The fraction of sp³-hybridized carbons (Fsp3) is 0.500. The number of likely N-dealkylation sites (N-methyl/N-ethyl adjacent to an activating group) is 1. The maximum Gasteiger partial charge on any atom is 0.150 e. The fourth-order valence-corrected chi connectivity index (χ4v) is 2.91. The van der Waals surface area contributed by atoms with Gasteiger partial charge in [0.2, 0.25) is 0 Å². The molecule has 0 saturated carbocycles. The minimum Gasteiger partial charge on any atom is -0.353 e. The molecule has 3 nitrogen and oxygen atoms in total. The van der Waals surface area contributed by atoms with Gasteiger partial charge in [-0.2, -0.15) is 4.37 Å². The summed E-state index contributed by atoms with van der Waals surface area (Å²) in [5, 5.41) is 1.30. The third-order valence-electron chi connectivity index (χ3n) is 3.16. The number of hydrogen-bond donors (Lipinski definition) is 0. The van der Waals surface area contributed by atoms with Crippen molar-refractivity contribution in [2.24, 2.45) is 0 Å². The summed E-state index contributed by atoms with van der Waals surface area (Å²) in [7, 11) is 2.18. The Kier molecular flexibility index (Phi) is 4.55. The van der Waals surface area contributed by atoms with Crippen molar-refractivity contribution < 1.29 is 0 Å². The van der Waals surface area contributed by atoms with Gasteiger partial charge >= 0.3 is 0 Å². The van der Waals surface area contributed by atoms with Crippen molar-refractivity contribution in [2.45, 2.75) is 13.8 Å². The number of anilines is 1. The lowest BCUT2D eigenvalue weighted by Crippen LogP contribution is -2.44. The summed E-state index contributed by atoms with van der Waals surface area (Å²) in [6.07, 6.45) is 0. The maximum absolute atomic E-state index is 4.59. The van der Waals surface area contributed by atoms with Gasteiger partial charge in [0.15, 0.2) is 0 Å². The van der Waals surface area contributed by atoms with Crippen LogP contribution in [0.25, 0.3) is 10.1 Å². The van der Waals surface area contributed by atoms with Gasteiger partial charge in [-0.3, -0.25) is 0 Å². The van der Waals surface area contributed by atoms with Crippen LogP contribution in [0.5, 0.6) is 0 Å². The van der Waals surface area contributed by atoms with Crippen LogP contribution in [0.4, 0.5) is 5.82 Å². The second kappa shape index (κ2) is 6.16. The second-order valence-corrected chi connectivity index (χ2v) is 5.10. The molecule has 1 saturated heterocycles. The van der Waals surface area contributed by atoms with E-state index in [9.17, 15) is 0 Å². The van der Waals surface area contributed by atoms with Gasteiger partial charge in [0.05, 0.1) is 4.70 Å². The first-order valence-corrected chi connectivity index (χ1v) is 7.40. The summed E-state index contributed by atoms with van der Waals surface area (Å²) >= 11 is 1.60. The third kappa shape index (κ3) is 2.65. The van der Waals surface area contributed by atoms with Crippen molar-refractivity contribution in [3.8, 4) is 0 Å². The van der Waals surface area contributed by atoms with Crippen LogP contribution in [-0.2, 0) is 0 Å². The monoisotopic (exact) mass is 263 g/mol. The molecule has 0 amide bonds. The highest BCUT2D eigenvalue weighted by Crippen LogP contribution is 2.29. The van der Waals surface area contributed by atoms with E-state index in [0.717, 1.165) is 26.2 Å². The van der Waals surface area contributed by atoms with Crippen LogP contribution < -0.4 is 4.90 Å². The Labute approximate surface area is 113 Å². The van der Waals surface area contributed by atoms with E-state index in [0.29, 0.717) is 0 Å². The van der Waals surface area contributed by atoms with E-state index in [1.807, 2.05) is 13.8 Å². The van der Waals surface area contributed by atoms with Crippen LogP contribution in [-0.4, -0.2) is 42.5 Å². The molecule has 1 aliphatic heterocycles. The van der Waals surface area contributed by atoms with Crippen molar-refractivity contribution in [3.05, 3.63) is 24.3 Å². The van der Waals surface area contributed by atoms with Crippen molar-refractivity contribution >= 4 is 27.4 Å². The molecular formula is C14H21N3S. The van der Waals surface area contributed by atoms with E-state index in [1.54, 1.807) is 11.5 Å². The molecule has 2 heterocycles. The van der Waals surface area contributed by atoms with E-state index in [1.165, 1.54) is 15.9 Å². The molecular weight excluding hydrogens is 242 g/mol. The zero-order valence-corrected chi connectivity index (χ0v) is 12.2. The molecule has 0 radical (unpaired) electrons. The topological polar surface area (TPSA) is 19.4 Å². The molecule has 0 aliphatic carbocycles. The number of hydrogen-bond acceptors (Lipinski definition) is 4. The van der Waals surface area contributed by atoms with Crippen molar-refractivity contribution in [2.75, 3.05) is 38.1 Å². The number of fused-ring (bicyclic) bond motifs is 1. The molecule has 4 heteroatoms. The van der Waals surface area contributed by atoms with Crippen molar-refractivity contribution in [1.82, 2.24) is 9.27 Å². The Morgan fingerprint density at radius 2 is 1.72 bits per heavy atom. The van der Waals surface area contributed by atoms with Crippen LogP contribution in [0.3, 0.4) is 0 Å². The first-order chi connectivity index (χ1) is 8.84. The number of aromatic nitrogens is 1. The van der Waals surface area contributed by atoms with E-state index < -0.39 is 0 Å². The molecule has 1 aromatic carbocycles. The highest BCUT2D eigenvalue weighted by atomic mass is 32.1. The highest BCUT2D eigenvalue weighted by molar-refractivity contribution is 7.13. The van der Waals surface area contributed by atoms with Crippen molar-refractivity contribution in [1.29, 1.82) is 0 Å². The van der Waals surface area contributed by atoms with Gasteiger partial charge in [0.1, 0.15) is 5.82 Å². The summed E-state index contributed by atoms with van der Waals surface area (Å²) in [6.45, 7) is 8.44. The molecule has 98 valence electrons. The van der Waals surface area contributed by atoms with Gasteiger partial charge in [-0.15, -0.1) is 0 Å². The lowest BCUT2D eigenvalue weighted by molar-refractivity contribution is 0.312. The minimum atomic E-state index is 1.09. The lowest BCUT2D eigenvalue weighted by atomic mass is 10.2. The van der Waals surface area contributed by atoms with Crippen molar-refractivity contribution in [3.63, 3.8) is 0 Å². The first-order valence-electron chi connectivity index (χ1n) is 6.62. The molecule has 0 atom stereocenters. The second-order valence-electron chi connectivity index (χ2n) is 4.29. The third-order valence-corrected chi connectivity index (χ3v) is 3.98.